The lowest BCUT2D eigenvalue weighted by molar-refractivity contribution is -0.126. The molecule has 0 aromatic heterocycles. The van der Waals surface area contributed by atoms with Crippen LogP contribution in [0.25, 0.3) is 0 Å². The van der Waals surface area contributed by atoms with Crippen molar-refractivity contribution in [2.75, 3.05) is 20.2 Å². The van der Waals surface area contributed by atoms with Crippen molar-refractivity contribution in [2.24, 2.45) is 5.92 Å². The van der Waals surface area contributed by atoms with Crippen LogP contribution >= 0.6 is 15.9 Å². The number of methoxy groups -OCH3 is 1. The Hall–Kier alpha value is -1.90. The van der Waals surface area contributed by atoms with Crippen LogP contribution < -0.4 is 10.1 Å². The van der Waals surface area contributed by atoms with Crippen LogP contribution in [0.4, 0.5) is 0 Å². The van der Waals surface area contributed by atoms with Crippen LogP contribution in [0.5, 0.6) is 5.75 Å². The molecule has 3 rings (SSSR count). The van der Waals surface area contributed by atoms with Crippen LogP contribution in [-0.4, -0.2) is 38.8 Å². The van der Waals surface area contributed by atoms with E-state index in [-0.39, 0.29) is 22.8 Å². The summed E-state index contributed by atoms with van der Waals surface area (Å²) < 4.78 is 33.9. The third kappa shape index (κ3) is 5.04. The van der Waals surface area contributed by atoms with Gasteiger partial charge >= 0.3 is 0 Å². The molecule has 0 spiro atoms. The molecule has 1 N–H and O–H groups in total. The van der Waals surface area contributed by atoms with E-state index in [4.69, 9.17) is 4.74 Å². The zero-order chi connectivity index (χ0) is 21.9. The van der Waals surface area contributed by atoms with Crippen molar-refractivity contribution >= 4 is 31.9 Å². The molecule has 0 radical (unpaired) electrons. The molecule has 0 unspecified atom stereocenters. The monoisotopic (exact) mass is 494 g/mol. The number of halogens is 1. The second-order valence-corrected chi connectivity index (χ2v) is 10.4. The fraction of sp³-hybridized carbons (Fsp3) is 0.409. The summed E-state index contributed by atoms with van der Waals surface area (Å²) in [4.78, 5) is 12.9. The number of aryl methyl sites for hydroxylation is 1. The molecule has 1 heterocycles. The van der Waals surface area contributed by atoms with Crippen LogP contribution in [-0.2, 0) is 14.8 Å². The van der Waals surface area contributed by atoms with E-state index in [1.54, 1.807) is 12.1 Å². The van der Waals surface area contributed by atoms with Crippen LogP contribution in [0.1, 0.15) is 36.9 Å². The standard InChI is InChI=1S/C22H27BrN2O4S/c1-15-7-8-20(29-3)21(13-15)30(27,28)25-11-9-17(10-12-25)22(26)24-16(2)18-5-4-6-19(23)14-18/h4-8,13-14,16-17H,9-12H2,1-3H3,(H,24,26)/t16-/m1/s1. The summed E-state index contributed by atoms with van der Waals surface area (Å²) >= 11 is 3.45. The molecule has 2 aromatic rings. The number of hydrogen-bond acceptors (Lipinski definition) is 4. The average Bonchev–Trinajstić information content (AvgIpc) is 2.73. The largest absolute Gasteiger partial charge is 0.495 e. The molecule has 1 fully saturated rings. The van der Waals surface area contributed by atoms with Crippen LogP contribution in [0.15, 0.2) is 51.8 Å². The van der Waals surface area contributed by atoms with E-state index >= 15 is 0 Å². The zero-order valence-electron chi connectivity index (χ0n) is 17.4. The molecule has 0 saturated carbocycles. The van der Waals surface area contributed by atoms with Gasteiger partial charge < -0.3 is 10.1 Å². The third-order valence-electron chi connectivity index (χ3n) is 5.47. The summed E-state index contributed by atoms with van der Waals surface area (Å²) in [7, 11) is -2.21. The maximum atomic E-state index is 13.1. The average molecular weight is 495 g/mol. The van der Waals surface area contributed by atoms with E-state index in [0.29, 0.717) is 31.7 Å². The lowest BCUT2D eigenvalue weighted by Crippen LogP contribution is -2.43. The highest BCUT2D eigenvalue weighted by atomic mass is 79.9. The van der Waals surface area contributed by atoms with Gasteiger partial charge in [-0.3, -0.25) is 4.79 Å². The number of amides is 1. The van der Waals surface area contributed by atoms with Gasteiger partial charge in [0.25, 0.3) is 0 Å². The van der Waals surface area contributed by atoms with Crippen molar-refractivity contribution in [3.05, 3.63) is 58.1 Å². The van der Waals surface area contributed by atoms with Gasteiger partial charge in [0.1, 0.15) is 10.6 Å². The minimum absolute atomic E-state index is 0.0346. The Morgan fingerprint density at radius 1 is 1.20 bits per heavy atom. The van der Waals surface area contributed by atoms with Gasteiger partial charge in [0, 0.05) is 23.5 Å². The first-order valence-corrected chi connectivity index (χ1v) is 12.2. The molecule has 0 aliphatic carbocycles. The Labute approximate surface area is 186 Å². The van der Waals surface area contributed by atoms with E-state index in [1.807, 2.05) is 44.2 Å². The molecule has 1 amide bonds. The van der Waals surface area contributed by atoms with Crippen molar-refractivity contribution in [3.63, 3.8) is 0 Å². The van der Waals surface area contributed by atoms with E-state index in [1.165, 1.54) is 11.4 Å². The molecule has 1 aliphatic rings. The van der Waals surface area contributed by atoms with E-state index in [9.17, 15) is 13.2 Å². The molecule has 30 heavy (non-hydrogen) atoms. The number of nitrogens with zero attached hydrogens (tertiary/aromatic N) is 1. The number of benzene rings is 2. The number of ether oxygens (including phenoxy) is 1. The Kier molecular flexibility index (Phi) is 7.21. The second-order valence-electron chi connectivity index (χ2n) is 7.62. The zero-order valence-corrected chi connectivity index (χ0v) is 19.8. The van der Waals surface area contributed by atoms with Gasteiger partial charge in [-0.05, 0) is 62.1 Å². The molecule has 1 aliphatic heterocycles. The Morgan fingerprint density at radius 2 is 1.90 bits per heavy atom. The minimum atomic E-state index is -3.68. The molecule has 0 bridgehead atoms. The van der Waals surface area contributed by atoms with Gasteiger partial charge in [0.05, 0.1) is 13.2 Å². The van der Waals surface area contributed by atoms with Crippen molar-refractivity contribution in [2.45, 2.75) is 37.6 Å². The molecular weight excluding hydrogens is 468 g/mol. The van der Waals surface area contributed by atoms with Crippen LogP contribution in [0, 0.1) is 12.8 Å². The topological polar surface area (TPSA) is 75.7 Å². The lowest BCUT2D eigenvalue weighted by Gasteiger charge is -2.31. The van der Waals surface area contributed by atoms with Gasteiger partial charge in [0.2, 0.25) is 15.9 Å². The number of piperidine rings is 1. The van der Waals surface area contributed by atoms with Gasteiger partial charge in [-0.25, -0.2) is 8.42 Å². The number of nitrogens with one attached hydrogen (secondary N) is 1. The highest BCUT2D eigenvalue weighted by Gasteiger charge is 2.34. The highest BCUT2D eigenvalue weighted by molar-refractivity contribution is 9.10. The van der Waals surface area contributed by atoms with Crippen LogP contribution in [0.3, 0.4) is 0 Å². The fourth-order valence-corrected chi connectivity index (χ4v) is 5.80. The SMILES string of the molecule is COc1ccc(C)cc1S(=O)(=O)N1CCC(C(=O)N[C@H](C)c2cccc(Br)c2)CC1. The summed E-state index contributed by atoms with van der Waals surface area (Å²) in [6.45, 7) is 4.41. The normalized spacial score (nSPS) is 16.8. The Morgan fingerprint density at radius 3 is 2.53 bits per heavy atom. The molecule has 162 valence electrons. The predicted molar refractivity (Wildman–Crippen MR) is 120 cm³/mol. The fourth-order valence-electron chi connectivity index (χ4n) is 3.67. The summed E-state index contributed by atoms with van der Waals surface area (Å²) in [6.07, 6.45) is 0.981. The molecule has 6 nitrogen and oxygen atoms in total. The van der Waals surface area contributed by atoms with Gasteiger partial charge in [0.15, 0.2) is 0 Å². The molecule has 1 saturated heterocycles. The Bertz CT molecular complexity index is 1020. The first kappa shape index (κ1) is 22.8. The summed E-state index contributed by atoms with van der Waals surface area (Å²) in [5.74, 6) is 0.0985. The summed E-state index contributed by atoms with van der Waals surface area (Å²) in [6, 6.07) is 12.8. The number of rotatable bonds is 6. The van der Waals surface area contributed by atoms with Gasteiger partial charge in [-0.15, -0.1) is 0 Å². The van der Waals surface area contributed by atoms with Gasteiger partial charge in [-0.1, -0.05) is 34.1 Å². The van der Waals surface area contributed by atoms with Gasteiger partial charge in [-0.2, -0.15) is 4.31 Å². The predicted octanol–water partition coefficient (Wildman–Crippen LogP) is 4.04. The molecule has 2 aromatic carbocycles. The molecular formula is C22H27BrN2O4S. The Balaban J connectivity index is 1.64. The number of hydrogen-bond donors (Lipinski definition) is 1. The number of sulfonamides is 1. The molecule has 1 atom stereocenters. The number of carbonyl (C=O) groups excluding carboxylic acids is 1. The second kappa shape index (κ2) is 9.49. The third-order valence-corrected chi connectivity index (χ3v) is 7.88. The van der Waals surface area contributed by atoms with E-state index < -0.39 is 10.0 Å². The maximum absolute atomic E-state index is 13.1. The van der Waals surface area contributed by atoms with E-state index in [0.717, 1.165) is 15.6 Å². The van der Waals surface area contributed by atoms with Crippen molar-refractivity contribution < 1.29 is 17.9 Å². The summed E-state index contributed by atoms with van der Waals surface area (Å²) in [5.41, 5.74) is 1.87. The van der Waals surface area contributed by atoms with Crippen molar-refractivity contribution in [3.8, 4) is 5.75 Å². The number of carbonyl (C=O) groups is 1. The quantitative estimate of drug-likeness (QED) is 0.657. The minimum Gasteiger partial charge on any atom is -0.495 e. The first-order chi connectivity index (χ1) is 14.2. The highest BCUT2D eigenvalue weighted by Crippen LogP contribution is 2.31. The maximum Gasteiger partial charge on any atom is 0.246 e. The summed E-state index contributed by atoms with van der Waals surface area (Å²) in [5, 5.41) is 3.06. The van der Waals surface area contributed by atoms with Crippen molar-refractivity contribution in [1.82, 2.24) is 9.62 Å². The lowest BCUT2D eigenvalue weighted by atomic mass is 9.96. The van der Waals surface area contributed by atoms with Crippen LogP contribution in [0.2, 0.25) is 0 Å². The van der Waals surface area contributed by atoms with E-state index in [2.05, 4.69) is 21.2 Å². The van der Waals surface area contributed by atoms with Crippen molar-refractivity contribution in [1.29, 1.82) is 0 Å². The molecule has 8 heteroatoms. The first-order valence-electron chi connectivity index (χ1n) is 9.93. The smallest absolute Gasteiger partial charge is 0.246 e.